The Kier molecular flexibility index (Phi) is 3.39. The lowest BCUT2D eigenvalue weighted by molar-refractivity contribution is -0.133. The van der Waals surface area contributed by atoms with Gasteiger partial charge in [-0.1, -0.05) is 11.8 Å². The number of hydrogen-bond donors (Lipinski definition) is 1. The maximum Gasteiger partial charge on any atom is 0.313 e. The van der Waals surface area contributed by atoms with Crippen LogP contribution >= 0.6 is 11.8 Å². The van der Waals surface area contributed by atoms with Gasteiger partial charge in [0, 0.05) is 12.2 Å². The Labute approximate surface area is 119 Å². The van der Waals surface area contributed by atoms with Crippen LogP contribution in [0.4, 0.5) is 0 Å². The molecule has 8 heteroatoms. The monoisotopic (exact) mass is 291 g/mol. The molecule has 2 aromatic heterocycles. The van der Waals surface area contributed by atoms with Crippen LogP contribution in [0.5, 0.6) is 0 Å². The predicted molar refractivity (Wildman–Crippen MR) is 72.4 cm³/mol. The average Bonchev–Trinajstić information content (AvgIpc) is 3.17. The Hall–Kier alpha value is -1.96. The molecule has 0 bridgehead atoms. The number of aromatic nitrogens is 5. The van der Waals surface area contributed by atoms with Gasteiger partial charge >= 0.3 is 5.97 Å². The molecule has 2 aromatic rings. The molecule has 1 aliphatic carbocycles. The number of carbonyl (C=O) groups is 1. The molecule has 7 nitrogen and oxygen atoms in total. The smallest absolute Gasteiger partial charge is 0.313 e. The highest BCUT2D eigenvalue weighted by atomic mass is 32.2. The first-order chi connectivity index (χ1) is 9.65. The molecule has 1 saturated carbocycles. The van der Waals surface area contributed by atoms with Crippen LogP contribution in [0, 0.1) is 6.92 Å². The molecule has 1 aliphatic rings. The van der Waals surface area contributed by atoms with Crippen molar-refractivity contribution in [3.05, 3.63) is 18.1 Å². The van der Waals surface area contributed by atoms with E-state index in [1.54, 1.807) is 12.4 Å². The normalized spacial score (nSPS) is 14.4. The van der Waals surface area contributed by atoms with E-state index in [1.807, 2.05) is 11.5 Å². The zero-order chi connectivity index (χ0) is 14.1. The highest BCUT2D eigenvalue weighted by Crippen LogP contribution is 2.40. The van der Waals surface area contributed by atoms with Gasteiger partial charge in [0.1, 0.15) is 5.69 Å². The molecule has 1 fully saturated rings. The first-order valence-corrected chi connectivity index (χ1v) is 7.22. The van der Waals surface area contributed by atoms with Gasteiger partial charge in [0.25, 0.3) is 0 Å². The van der Waals surface area contributed by atoms with Crippen LogP contribution in [0.3, 0.4) is 0 Å². The van der Waals surface area contributed by atoms with Gasteiger partial charge in [-0.15, -0.1) is 10.2 Å². The molecule has 3 rings (SSSR count). The van der Waals surface area contributed by atoms with E-state index in [0.29, 0.717) is 22.7 Å². The van der Waals surface area contributed by atoms with E-state index in [-0.39, 0.29) is 5.75 Å². The zero-order valence-corrected chi connectivity index (χ0v) is 11.7. The van der Waals surface area contributed by atoms with Crippen molar-refractivity contribution in [2.45, 2.75) is 31.0 Å². The summed E-state index contributed by atoms with van der Waals surface area (Å²) >= 11 is 1.18. The SMILES string of the molecule is Cc1cnc(-c2nnc(SCC(=O)O)n2C2CC2)cn1. The number of aryl methyl sites for hydroxylation is 1. The second-order valence-electron chi connectivity index (χ2n) is 4.63. The number of aliphatic carboxylic acids is 1. The molecule has 0 saturated heterocycles. The third kappa shape index (κ3) is 2.64. The van der Waals surface area contributed by atoms with Crippen LogP contribution in [-0.4, -0.2) is 41.6 Å². The lowest BCUT2D eigenvalue weighted by Gasteiger charge is -2.07. The number of carboxylic acid groups (broad SMARTS) is 1. The number of hydrogen-bond acceptors (Lipinski definition) is 6. The number of nitrogens with zero attached hydrogens (tertiary/aromatic N) is 5. The summed E-state index contributed by atoms with van der Waals surface area (Å²) in [7, 11) is 0. The number of carboxylic acids is 1. The van der Waals surface area contributed by atoms with Crippen molar-refractivity contribution >= 4 is 17.7 Å². The van der Waals surface area contributed by atoms with Crippen LogP contribution in [0.25, 0.3) is 11.5 Å². The Morgan fingerprint density at radius 2 is 2.20 bits per heavy atom. The van der Waals surface area contributed by atoms with Crippen LogP contribution in [0.15, 0.2) is 17.6 Å². The van der Waals surface area contributed by atoms with Crippen molar-refractivity contribution in [3.63, 3.8) is 0 Å². The van der Waals surface area contributed by atoms with Crippen LogP contribution in [0.1, 0.15) is 24.6 Å². The van der Waals surface area contributed by atoms with Crippen molar-refractivity contribution in [2.75, 3.05) is 5.75 Å². The summed E-state index contributed by atoms with van der Waals surface area (Å²) in [5.74, 6) is -0.227. The average molecular weight is 291 g/mol. The molecule has 0 radical (unpaired) electrons. The fourth-order valence-electron chi connectivity index (χ4n) is 1.85. The van der Waals surface area contributed by atoms with Crippen molar-refractivity contribution < 1.29 is 9.90 Å². The first kappa shape index (κ1) is 13.0. The van der Waals surface area contributed by atoms with Crippen molar-refractivity contribution in [3.8, 4) is 11.5 Å². The summed E-state index contributed by atoms with van der Waals surface area (Å²) in [5.41, 5.74) is 1.50. The van der Waals surface area contributed by atoms with E-state index >= 15 is 0 Å². The fourth-order valence-corrected chi connectivity index (χ4v) is 2.57. The van der Waals surface area contributed by atoms with Gasteiger partial charge in [-0.25, -0.2) is 4.98 Å². The number of rotatable bonds is 5. The summed E-state index contributed by atoms with van der Waals surface area (Å²) in [6, 6.07) is 0.347. The van der Waals surface area contributed by atoms with E-state index in [9.17, 15) is 4.79 Å². The third-order valence-corrected chi connectivity index (χ3v) is 3.84. The largest absolute Gasteiger partial charge is 0.481 e. The molecule has 2 heterocycles. The molecule has 0 spiro atoms. The van der Waals surface area contributed by atoms with E-state index in [1.165, 1.54) is 11.8 Å². The molecular formula is C12H13N5O2S. The molecule has 0 aromatic carbocycles. The van der Waals surface area contributed by atoms with Gasteiger partial charge in [-0.05, 0) is 19.8 Å². The third-order valence-electron chi connectivity index (χ3n) is 2.91. The zero-order valence-electron chi connectivity index (χ0n) is 10.9. The van der Waals surface area contributed by atoms with Gasteiger partial charge in [-0.2, -0.15) is 0 Å². The predicted octanol–water partition coefficient (Wildman–Crippen LogP) is 1.56. The Bertz CT molecular complexity index is 636. The maximum absolute atomic E-state index is 10.7. The van der Waals surface area contributed by atoms with E-state index < -0.39 is 5.97 Å². The fraction of sp³-hybridized carbons (Fsp3) is 0.417. The summed E-state index contributed by atoms with van der Waals surface area (Å²) in [6.45, 7) is 1.87. The molecule has 0 unspecified atom stereocenters. The molecule has 0 aliphatic heterocycles. The highest BCUT2D eigenvalue weighted by molar-refractivity contribution is 7.99. The Balaban J connectivity index is 1.94. The van der Waals surface area contributed by atoms with Crippen molar-refractivity contribution in [1.82, 2.24) is 24.7 Å². The molecule has 104 valence electrons. The molecule has 0 amide bonds. The lowest BCUT2D eigenvalue weighted by Crippen LogP contribution is -2.04. The minimum atomic E-state index is -0.864. The van der Waals surface area contributed by atoms with Crippen LogP contribution < -0.4 is 0 Å². The minimum absolute atomic E-state index is 0.0234. The first-order valence-electron chi connectivity index (χ1n) is 6.23. The molecular weight excluding hydrogens is 278 g/mol. The Morgan fingerprint density at radius 3 is 2.80 bits per heavy atom. The summed E-state index contributed by atoms with van der Waals surface area (Å²) in [6.07, 6.45) is 5.48. The highest BCUT2D eigenvalue weighted by Gasteiger charge is 2.30. The van der Waals surface area contributed by atoms with Gasteiger partial charge < -0.3 is 5.11 Å². The van der Waals surface area contributed by atoms with Gasteiger partial charge in [-0.3, -0.25) is 14.3 Å². The standard InChI is InChI=1S/C12H13N5O2S/c1-7-4-14-9(5-13-7)11-15-16-12(20-6-10(18)19)17(11)8-2-3-8/h4-5,8H,2-3,6H2,1H3,(H,18,19). The maximum atomic E-state index is 10.7. The summed E-state index contributed by atoms with van der Waals surface area (Å²) < 4.78 is 1.98. The van der Waals surface area contributed by atoms with E-state index in [0.717, 1.165) is 18.5 Å². The van der Waals surface area contributed by atoms with Crippen LogP contribution in [0.2, 0.25) is 0 Å². The Morgan fingerprint density at radius 1 is 1.40 bits per heavy atom. The second-order valence-corrected chi connectivity index (χ2v) is 5.58. The number of thioether (sulfide) groups is 1. The van der Waals surface area contributed by atoms with Gasteiger partial charge in [0.2, 0.25) is 0 Å². The lowest BCUT2D eigenvalue weighted by atomic mass is 10.4. The summed E-state index contributed by atoms with van der Waals surface area (Å²) in [5, 5.41) is 17.7. The molecule has 1 N–H and O–H groups in total. The van der Waals surface area contributed by atoms with Crippen molar-refractivity contribution in [2.24, 2.45) is 0 Å². The summed E-state index contributed by atoms with van der Waals surface area (Å²) in [4.78, 5) is 19.2. The topological polar surface area (TPSA) is 93.8 Å². The van der Waals surface area contributed by atoms with Crippen LogP contribution in [-0.2, 0) is 4.79 Å². The second kappa shape index (κ2) is 5.20. The van der Waals surface area contributed by atoms with Crippen molar-refractivity contribution in [1.29, 1.82) is 0 Å². The minimum Gasteiger partial charge on any atom is -0.481 e. The molecule has 20 heavy (non-hydrogen) atoms. The van der Waals surface area contributed by atoms with Gasteiger partial charge in [0.05, 0.1) is 17.6 Å². The molecule has 0 atom stereocenters. The van der Waals surface area contributed by atoms with E-state index in [4.69, 9.17) is 5.11 Å². The van der Waals surface area contributed by atoms with Gasteiger partial charge in [0.15, 0.2) is 11.0 Å². The van der Waals surface area contributed by atoms with E-state index in [2.05, 4.69) is 20.2 Å². The quantitative estimate of drug-likeness (QED) is 0.835.